The van der Waals surface area contributed by atoms with Gasteiger partial charge >= 0.3 is 5.97 Å². The van der Waals surface area contributed by atoms with Crippen LogP contribution in [0.5, 0.6) is 5.75 Å². The van der Waals surface area contributed by atoms with E-state index < -0.39 is 5.97 Å². The van der Waals surface area contributed by atoms with Crippen LogP contribution < -0.4 is 4.74 Å². The minimum atomic E-state index is -0.709. The molecule has 0 fully saturated rings. The lowest BCUT2D eigenvalue weighted by atomic mass is 9.82. The van der Waals surface area contributed by atoms with Gasteiger partial charge in [0.2, 0.25) is 5.89 Å². The van der Waals surface area contributed by atoms with Crippen LogP contribution >= 0.6 is 0 Å². The number of nitrogens with zero attached hydrogens (tertiary/aromatic N) is 1. The van der Waals surface area contributed by atoms with Crippen LogP contribution in [0, 0.1) is 12.8 Å². The van der Waals surface area contributed by atoms with Crippen molar-refractivity contribution in [3.8, 4) is 17.2 Å². The molecule has 0 amide bonds. The van der Waals surface area contributed by atoms with Gasteiger partial charge in [-0.15, -0.1) is 0 Å². The zero-order chi connectivity index (χ0) is 22.9. The molecule has 2 atom stereocenters. The molecule has 1 heterocycles. The van der Waals surface area contributed by atoms with Crippen LogP contribution in [0.3, 0.4) is 0 Å². The second-order valence-corrected chi connectivity index (χ2v) is 9.28. The first-order chi connectivity index (χ1) is 15.3. The molecule has 1 aliphatic carbocycles. The Morgan fingerprint density at radius 2 is 2.00 bits per heavy atom. The number of carboxylic acid groups (broad SMARTS) is 1. The molecule has 0 saturated carbocycles. The average Bonchev–Trinajstić information content (AvgIpc) is 3.26. The predicted octanol–water partition coefficient (Wildman–Crippen LogP) is 6.15. The molecule has 4 rings (SSSR count). The summed E-state index contributed by atoms with van der Waals surface area (Å²) in [4.78, 5) is 16.4. The normalized spacial score (nSPS) is 17.7. The van der Waals surface area contributed by atoms with Gasteiger partial charge in [0.1, 0.15) is 11.5 Å². The Bertz CT molecular complexity index is 1100. The molecule has 0 radical (unpaired) electrons. The third-order valence-electron chi connectivity index (χ3n) is 6.65. The van der Waals surface area contributed by atoms with Crippen LogP contribution in [-0.2, 0) is 16.6 Å². The number of carboxylic acids is 1. The standard InChI is InChI=1S/C27H31NO4/c1-5-20(26(29)30)22-16-27(3,4)23-15-19(11-12-21(22)23)31-14-13-24-17(2)32-25(28-24)18-9-7-6-8-10-18/h6-12,15,20,22H,5,13-14,16H2,1-4H3,(H,29,30)/t20-,22?/m1/s1. The van der Waals surface area contributed by atoms with Crippen molar-refractivity contribution in [1.82, 2.24) is 4.98 Å². The highest BCUT2D eigenvalue weighted by atomic mass is 16.5. The Morgan fingerprint density at radius 1 is 1.25 bits per heavy atom. The quantitative estimate of drug-likeness (QED) is 0.461. The number of aromatic nitrogens is 1. The van der Waals surface area contributed by atoms with Crippen molar-refractivity contribution < 1.29 is 19.1 Å². The summed E-state index contributed by atoms with van der Waals surface area (Å²) in [5.41, 5.74) is 4.14. The van der Waals surface area contributed by atoms with E-state index in [0.717, 1.165) is 34.8 Å². The maximum Gasteiger partial charge on any atom is 0.307 e. The number of aliphatic carboxylic acids is 1. The fourth-order valence-corrected chi connectivity index (χ4v) is 4.92. The minimum absolute atomic E-state index is 0.0470. The summed E-state index contributed by atoms with van der Waals surface area (Å²) in [7, 11) is 0. The van der Waals surface area contributed by atoms with Crippen LogP contribution in [-0.4, -0.2) is 22.7 Å². The smallest absolute Gasteiger partial charge is 0.307 e. The van der Waals surface area contributed by atoms with Gasteiger partial charge in [0, 0.05) is 12.0 Å². The van der Waals surface area contributed by atoms with Crippen LogP contribution in [0.2, 0.25) is 0 Å². The molecule has 0 saturated heterocycles. The molecule has 1 N–H and O–H groups in total. The van der Waals surface area contributed by atoms with E-state index in [1.165, 1.54) is 5.56 Å². The molecule has 0 spiro atoms. The fourth-order valence-electron chi connectivity index (χ4n) is 4.92. The number of benzene rings is 2. The van der Waals surface area contributed by atoms with Crippen molar-refractivity contribution in [1.29, 1.82) is 0 Å². The molecule has 2 aromatic carbocycles. The minimum Gasteiger partial charge on any atom is -0.493 e. The number of oxazole rings is 1. The van der Waals surface area contributed by atoms with E-state index in [9.17, 15) is 9.90 Å². The average molecular weight is 434 g/mol. The van der Waals surface area contributed by atoms with E-state index >= 15 is 0 Å². The third kappa shape index (κ3) is 4.29. The van der Waals surface area contributed by atoms with Gasteiger partial charge in [-0.1, -0.05) is 45.0 Å². The van der Waals surface area contributed by atoms with Crippen molar-refractivity contribution in [2.75, 3.05) is 6.61 Å². The summed E-state index contributed by atoms with van der Waals surface area (Å²) >= 11 is 0. The highest BCUT2D eigenvalue weighted by Gasteiger charge is 2.42. The number of carbonyl (C=O) groups is 1. The largest absolute Gasteiger partial charge is 0.493 e. The van der Waals surface area contributed by atoms with Gasteiger partial charge in [-0.2, -0.15) is 0 Å². The summed E-state index contributed by atoms with van der Waals surface area (Å²) in [5.74, 6) is 1.24. The molecule has 1 aliphatic rings. The van der Waals surface area contributed by atoms with Crippen LogP contribution in [0.25, 0.3) is 11.5 Å². The van der Waals surface area contributed by atoms with Crippen molar-refractivity contribution in [2.24, 2.45) is 5.92 Å². The molecule has 5 nitrogen and oxygen atoms in total. The molecule has 0 aliphatic heterocycles. The molecule has 32 heavy (non-hydrogen) atoms. The molecular weight excluding hydrogens is 402 g/mol. The Labute approximate surface area is 189 Å². The van der Waals surface area contributed by atoms with Gasteiger partial charge in [-0.25, -0.2) is 4.98 Å². The van der Waals surface area contributed by atoms with E-state index in [1.807, 2.05) is 50.2 Å². The van der Waals surface area contributed by atoms with E-state index in [1.54, 1.807) is 0 Å². The highest BCUT2D eigenvalue weighted by Crippen LogP contribution is 2.50. The lowest BCUT2D eigenvalue weighted by Crippen LogP contribution is -2.21. The number of hydrogen-bond acceptors (Lipinski definition) is 4. The second kappa shape index (κ2) is 8.81. The Kier molecular flexibility index (Phi) is 6.09. The monoisotopic (exact) mass is 433 g/mol. The summed E-state index contributed by atoms with van der Waals surface area (Å²) in [6, 6.07) is 16.0. The lowest BCUT2D eigenvalue weighted by Gasteiger charge is -2.22. The number of fused-ring (bicyclic) bond motifs is 1. The Balaban J connectivity index is 1.46. The second-order valence-electron chi connectivity index (χ2n) is 9.28. The maximum atomic E-state index is 11.8. The first kappa shape index (κ1) is 22.1. The number of hydrogen-bond donors (Lipinski definition) is 1. The van der Waals surface area contributed by atoms with Gasteiger partial charge in [0.25, 0.3) is 0 Å². The van der Waals surface area contributed by atoms with E-state index in [4.69, 9.17) is 9.15 Å². The number of ether oxygens (including phenoxy) is 1. The Hall–Kier alpha value is -3.08. The lowest BCUT2D eigenvalue weighted by molar-refractivity contribution is -0.142. The first-order valence-electron chi connectivity index (χ1n) is 11.3. The van der Waals surface area contributed by atoms with E-state index in [0.29, 0.717) is 25.3 Å². The predicted molar refractivity (Wildman–Crippen MR) is 124 cm³/mol. The summed E-state index contributed by atoms with van der Waals surface area (Å²) in [6.07, 6.45) is 2.13. The summed E-state index contributed by atoms with van der Waals surface area (Å²) in [6.45, 7) is 8.76. The highest BCUT2D eigenvalue weighted by molar-refractivity contribution is 5.72. The van der Waals surface area contributed by atoms with Gasteiger partial charge in [-0.05, 0) is 66.5 Å². The topological polar surface area (TPSA) is 72.6 Å². The van der Waals surface area contributed by atoms with Crippen LogP contribution in [0.15, 0.2) is 52.9 Å². The maximum absolute atomic E-state index is 11.8. The van der Waals surface area contributed by atoms with E-state index in [2.05, 4.69) is 31.0 Å². The fraction of sp³-hybridized carbons (Fsp3) is 0.407. The van der Waals surface area contributed by atoms with Crippen molar-refractivity contribution in [2.45, 2.75) is 58.3 Å². The van der Waals surface area contributed by atoms with Crippen LogP contribution in [0.1, 0.15) is 62.1 Å². The first-order valence-corrected chi connectivity index (χ1v) is 11.3. The summed E-state index contributed by atoms with van der Waals surface area (Å²) < 4.78 is 11.9. The van der Waals surface area contributed by atoms with Crippen molar-refractivity contribution >= 4 is 5.97 Å². The molecule has 1 unspecified atom stereocenters. The molecular formula is C27H31NO4. The van der Waals surface area contributed by atoms with Crippen LogP contribution in [0.4, 0.5) is 0 Å². The number of aryl methyl sites for hydroxylation is 1. The van der Waals surface area contributed by atoms with E-state index in [-0.39, 0.29) is 17.3 Å². The molecule has 0 bridgehead atoms. The third-order valence-corrected chi connectivity index (χ3v) is 6.65. The molecule has 5 heteroatoms. The van der Waals surface area contributed by atoms with Gasteiger partial charge < -0.3 is 14.3 Å². The SMILES string of the molecule is CC[C@@H](C(=O)O)C1CC(C)(C)c2cc(OCCc3nc(-c4ccccc4)oc3C)ccc21. The van der Waals surface area contributed by atoms with Crippen molar-refractivity contribution in [3.05, 3.63) is 71.1 Å². The zero-order valence-corrected chi connectivity index (χ0v) is 19.2. The van der Waals surface area contributed by atoms with Gasteiger partial charge in [-0.3, -0.25) is 4.79 Å². The molecule has 3 aromatic rings. The molecule has 168 valence electrons. The zero-order valence-electron chi connectivity index (χ0n) is 19.2. The van der Waals surface area contributed by atoms with Gasteiger partial charge in [0.15, 0.2) is 0 Å². The number of rotatable bonds is 8. The van der Waals surface area contributed by atoms with Gasteiger partial charge in [0.05, 0.1) is 18.2 Å². The summed E-state index contributed by atoms with van der Waals surface area (Å²) in [5, 5.41) is 9.67. The molecule has 1 aromatic heterocycles. The Morgan fingerprint density at radius 3 is 2.69 bits per heavy atom. The van der Waals surface area contributed by atoms with Crippen molar-refractivity contribution in [3.63, 3.8) is 0 Å².